The van der Waals surface area contributed by atoms with Gasteiger partial charge in [0.1, 0.15) is 6.04 Å². The molecular formula is C17H23N3O3S2. The van der Waals surface area contributed by atoms with Gasteiger partial charge < -0.3 is 21.1 Å². The summed E-state index contributed by atoms with van der Waals surface area (Å²) in [6, 6.07) is 7.11. The summed E-state index contributed by atoms with van der Waals surface area (Å²) in [7, 11) is 0. The van der Waals surface area contributed by atoms with Crippen LogP contribution in [-0.2, 0) is 17.9 Å². The van der Waals surface area contributed by atoms with Crippen LogP contribution in [0.1, 0.15) is 29.0 Å². The molecule has 0 bridgehead atoms. The lowest BCUT2D eigenvalue weighted by molar-refractivity contribution is -0.134. The van der Waals surface area contributed by atoms with E-state index in [1.807, 2.05) is 35.0 Å². The van der Waals surface area contributed by atoms with Gasteiger partial charge in [-0.1, -0.05) is 12.1 Å². The van der Waals surface area contributed by atoms with Crippen molar-refractivity contribution in [2.24, 2.45) is 5.73 Å². The Balaban J connectivity index is 2.12. The Labute approximate surface area is 155 Å². The lowest BCUT2D eigenvalue weighted by Gasteiger charge is -2.27. The monoisotopic (exact) mass is 381 g/mol. The molecule has 0 radical (unpaired) electrons. The van der Waals surface area contributed by atoms with Gasteiger partial charge >= 0.3 is 6.09 Å². The highest BCUT2D eigenvalue weighted by atomic mass is 32.1. The van der Waals surface area contributed by atoms with Crippen molar-refractivity contribution in [1.82, 2.24) is 10.2 Å². The number of rotatable bonds is 10. The number of nitrogens with two attached hydrogens (primary N) is 1. The third kappa shape index (κ3) is 6.49. The van der Waals surface area contributed by atoms with Crippen molar-refractivity contribution < 1.29 is 14.7 Å². The minimum atomic E-state index is -1.18. The zero-order chi connectivity index (χ0) is 18.1. The van der Waals surface area contributed by atoms with E-state index in [4.69, 9.17) is 10.8 Å². The van der Waals surface area contributed by atoms with E-state index in [2.05, 4.69) is 5.32 Å². The van der Waals surface area contributed by atoms with Crippen LogP contribution in [0.25, 0.3) is 0 Å². The van der Waals surface area contributed by atoms with Crippen molar-refractivity contribution in [3.05, 3.63) is 44.8 Å². The molecule has 0 unspecified atom stereocenters. The molecule has 0 saturated carbocycles. The zero-order valence-electron chi connectivity index (χ0n) is 13.9. The molecule has 2 rings (SSSR count). The van der Waals surface area contributed by atoms with Crippen LogP contribution in [0, 0.1) is 0 Å². The summed E-state index contributed by atoms with van der Waals surface area (Å²) >= 11 is 3.17. The number of amides is 2. The first kappa shape index (κ1) is 19.4. The Morgan fingerprint density at radius 2 is 1.72 bits per heavy atom. The second-order valence-corrected chi connectivity index (χ2v) is 7.70. The number of hydrogen-bond acceptors (Lipinski definition) is 5. The van der Waals surface area contributed by atoms with Gasteiger partial charge in [-0.25, -0.2) is 4.79 Å². The molecule has 8 heteroatoms. The molecule has 2 amide bonds. The van der Waals surface area contributed by atoms with Gasteiger partial charge in [-0.2, -0.15) is 0 Å². The van der Waals surface area contributed by atoms with Crippen LogP contribution in [0.5, 0.6) is 0 Å². The summed E-state index contributed by atoms with van der Waals surface area (Å²) in [6.07, 6.45) is 0.742. The standard InChI is InChI=1S/C17H23N3O3S2/c18-8-2-1-7-15(19-17(22)23)16(21)20(11-13-5-3-9-24-13)12-14-6-4-10-25-14/h3-6,9-10,15,19H,1-2,7-8,11-12,18H2,(H,22,23)/t15-/m0/s1. The average Bonchev–Trinajstić information content (AvgIpc) is 3.26. The Bertz CT molecular complexity index is 608. The van der Waals surface area contributed by atoms with Crippen LogP contribution in [0.15, 0.2) is 35.0 Å². The van der Waals surface area contributed by atoms with E-state index in [1.165, 1.54) is 0 Å². The van der Waals surface area contributed by atoms with Crippen molar-refractivity contribution in [1.29, 1.82) is 0 Å². The number of nitrogens with one attached hydrogen (secondary N) is 1. The molecule has 25 heavy (non-hydrogen) atoms. The molecule has 2 aromatic heterocycles. The lowest BCUT2D eigenvalue weighted by Crippen LogP contribution is -2.47. The largest absolute Gasteiger partial charge is 0.465 e. The molecule has 0 aromatic carbocycles. The molecule has 136 valence electrons. The first-order valence-electron chi connectivity index (χ1n) is 8.13. The van der Waals surface area contributed by atoms with Gasteiger partial charge in [-0.15, -0.1) is 22.7 Å². The van der Waals surface area contributed by atoms with Crippen LogP contribution in [0.3, 0.4) is 0 Å². The van der Waals surface area contributed by atoms with Crippen molar-refractivity contribution in [2.75, 3.05) is 6.54 Å². The summed E-state index contributed by atoms with van der Waals surface area (Å²) in [5.41, 5.74) is 5.50. The van der Waals surface area contributed by atoms with E-state index in [9.17, 15) is 9.59 Å². The quantitative estimate of drug-likeness (QED) is 0.551. The van der Waals surface area contributed by atoms with E-state index in [0.29, 0.717) is 32.5 Å². The highest BCUT2D eigenvalue weighted by Gasteiger charge is 2.26. The van der Waals surface area contributed by atoms with Gasteiger partial charge in [0.15, 0.2) is 0 Å². The number of carbonyl (C=O) groups is 2. The van der Waals surface area contributed by atoms with Crippen LogP contribution in [-0.4, -0.2) is 34.6 Å². The van der Waals surface area contributed by atoms with E-state index < -0.39 is 12.1 Å². The number of thiophene rings is 2. The predicted molar refractivity (Wildman–Crippen MR) is 101 cm³/mol. The number of carboxylic acid groups (broad SMARTS) is 1. The minimum absolute atomic E-state index is 0.193. The maximum atomic E-state index is 13.0. The predicted octanol–water partition coefficient (Wildman–Crippen LogP) is 3.10. The molecule has 2 heterocycles. The topological polar surface area (TPSA) is 95.7 Å². The molecule has 0 aliphatic carbocycles. The van der Waals surface area contributed by atoms with E-state index >= 15 is 0 Å². The molecule has 2 aromatic rings. The Hall–Kier alpha value is -1.90. The number of nitrogens with zero attached hydrogens (tertiary/aromatic N) is 1. The molecule has 0 saturated heterocycles. The summed E-state index contributed by atoms with van der Waals surface area (Å²) in [4.78, 5) is 28.0. The fourth-order valence-corrected chi connectivity index (χ4v) is 3.95. The first-order valence-corrected chi connectivity index (χ1v) is 9.89. The third-order valence-corrected chi connectivity index (χ3v) is 5.43. The van der Waals surface area contributed by atoms with Gasteiger partial charge in [0, 0.05) is 9.75 Å². The summed E-state index contributed by atoms with van der Waals surface area (Å²) < 4.78 is 0. The maximum absolute atomic E-state index is 13.0. The maximum Gasteiger partial charge on any atom is 0.405 e. The van der Waals surface area contributed by atoms with Gasteiger partial charge in [-0.3, -0.25) is 4.79 Å². The highest BCUT2D eigenvalue weighted by molar-refractivity contribution is 7.10. The Morgan fingerprint density at radius 1 is 1.12 bits per heavy atom. The molecule has 1 atom stereocenters. The van der Waals surface area contributed by atoms with Gasteiger partial charge in [0.25, 0.3) is 0 Å². The SMILES string of the molecule is NCCCC[C@H](NC(=O)O)C(=O)N(Cc1cccs1)Cc1cccs1. The Kier molecular flexibility index (Phi) is 7.90. The normalized spacial score (nSPS) is 11.9. The summed E-state index contributed by atoms with van der Waals surface area (Å²) in [6.45, 7) is 1.48. The number of hydrogen-bond donors (Lipinski definition) is 3. The fourth-order valence-electron chi connectivity index (χ4n) is 2.51. The third-order valence-electron chi connectivity index (χ3n) is 3.71. The van der Waals surface area contributed by atoms with Crippen LogP contribution >= 0.6 is 22.7 Å². The molecule has 6 nitrogen and oxygen atoms in total. The molecule has 4 N–H and O–H groups in total. The fraction of sp³-hybridized carbons (Fsp3) is 0.412. The number of carbonyl (C=O) groups excluding carboxylic acids is 1. The van der Waals surface area contributed by atoms with Gasteiger partial charge in [-0.05, 0) is 48.7 Å². The summed E-state index contributed by atoms with van der Waals surface area (Å²) in [5.74, 6) is -0.193. The van der Waals surface area contributed by atoms with Crippen LogP contribution < -0.4 is 11.1 Å². The second-order valence-electron chi connectivity index (χ2n) is 5.64. The first-order chi connectivity index (χ1) is 12.1. The van der Waals surface area contributed by atoms with Crippen molar-refractivity contribution in [3.63, 3.8) is 0 Å². The molecule has 0 aliphatic rings. The minimum Gasteiger partial charge on any atom is -0.465 e. The van der Waals surface area contributed by atoms with E-state index in [0.717, 1.165) is 16.2 Å². The van der Waals surface area contributed by atoms with Crippen molar-refractivity contribution in [3.8, 4) is 0 Å². The van der Waals surface area contributed by atoms with Crippen LogP contribution in [0.4, 0.5) is 4.79 Å². The van der Waals surface area contributed by atoms with E-state index in [-0.39, 0.29) is 5.91 Å². The molecule has 0 aliphatic heterocycles. The summed E-state index contributed by atoms with van der Waals surface area (Å²) in [5, 5.41) is 15.4. The highest BCUT2D eigenvalue weighted by Crippen LogP contribution is 2.19. The number of unbranched alkanes of at least 4 members (excludes halogenated alkanes) is 1. The average molecular weight is 382 g/mol. The van der Waals surface area contributed by atoms with Crippen LogP contribution in [0.2, 0.25) is 0 Å². The zero-order valence-corrected chi connectivity index (χ0v) is 15.5. The van der Waals surface area contributed by atoms with Gasteiger partial charge in [0.05, 0.1) is 13.1 Å². The van der Waals surface area contributed by atoms with Gasteiger partial charge in [0.2, 0.25) is 5.91 Å². The Morgan fingerprint density at radius 3 is 2.16 bits per heavy atom. The van der Waals surface area contributed by atoms with Crippen molar-refractivity contribution >= 4 is 34.7 Å². The second kappa shape index (κ2) is 10.2. The van der Waals surface area contributed by atoms with E-state index in [1.54, 1.807) is 27.6 Å². The smallest absolute Gasteiger partial charge is 0.405 e. The lowest BCUT2D eigenvalue weighted by atomic mass is 10.1. The van der Waals surface area contributed by atoms with Crippen molar-refractivity contribution in [2.45, 2.75) is 38.4 Å². The molecule has 0 fully saturated rings. The molecular weight excluding hydrogens is 358 g/mol. The molecule has 0 spiro atoms.